The molecule has 1 N–H and O–H groups in total. The van der Waals surface area contributed by atoms with Gasteiger partial charge in [-0.25, -0.2) is 4.98 Å². The van der Waals surface area contributed by atoms with Crippen LogP contribution in [0.2, 0.25) is 5.02 Å². The highest BCUT2D eigenvalue weighted by Crippen LogP contribution is 2.13. The SMILES string of the molecule is CCc1nc(Cc2ccc(Cl)cc2)c(=O)n(O)c1CC. The first kappa shape index (κ1) is 14.6. The van der Waals surface area contributed by atoms with Crippen molar-refractivity contribution in [3.63, 3.8) is 0 Å². The summed E-state index contributed by atoms with van der Waals surface area (Å²) in [5.74, 6) is 0. The molecule has 1 heterocycles. The van der Waals surface area contributed by atoms with Crippen LogP contribution in [0.3, 0.4) is 0 Å². The molecule has 1 aromatic heterocycles. The summed E-state index contributed by atoms with van der Waals surface area (Å²) >= 11 is 5.84. The molecule has 0 aliphatic heterocycles. The molecule has 0 saturated carbocycles. The van der Waals surface area contributed by atoms with Crippen LogP contribution in [0.4, 0.5) is 0 Å². The second-order valence-electron chi connectivity index (χ2n) is 4.58. The smallest absolute Gasteiger partial charge is 0.305 e. The molecule has 0 radical (unpaired) electrons. The molecular weight excluding hydrogens is 276 g/mol. The number of nitrogens with zero attached hydrogens (tertiary/aromatic N) is 2. The van der Waals surface area contributed by atoms with Crippen molar-refractivity contribution in [2.75, 3.05) is 0 Å². The van der Waals surface area contributed by atoms with Gasteiger partial charge < -0.3 is 5.21 Å². The molecule has 4 nitrogen and oxygen atoms in total. The normalized spacial score (nSPS) is 10.8. The second kappa shape index (κ2) is 6.09. The Hall–Kier alpha value is -1.81. The largest absolute Gasteiger partial charge is 0.425 e. The van der Waals surface area contributed by atoms with Gasteiger partial charge in [0, 0.05) is 11.4 Å². The number of hydrogen-bond donors (Lipinski definition) is 1. The zero-order valence-electron chi connectivity index (χ0n) is 11.6. The van der Waals surface area contributed by atoms with Crippen LogP contribution >= 0.6 is 11.6 Å². The minimum absolute atomic E-state index is 0.351. The van der Waals surface area contributed by atoms with Crippen molar-refractivity contribution in [3.8, 4) is 0 Å². The first-order chi connectivity index (χ1) is 9.56. The van der Waals surface area contributed by atoms with Gasteiger partial charge in [0.05, 0.1) is 11.4 Å². The molecule has 0 fully saturated rings. The van der Waals surface area contributed by atoms with Crippen molar-refractivity contribution in [2.24, 2.45) is 0 Å². The maximum Gasteiger partial charge on any atom is 0.305 e. The molecule has 0 atom stereocenters. The van der Waals surface area contributed by atoms with Gasteiger partial charge in [-0.15, -0.1) is 4.73 Å². The predicted octanol–water partition coefficient (Wildman–Crippen LogP) is 2.85. The van der Waals surface area contributed by atoms with Crippen LogP contribution in [-0.4, -0.2) is 14.9 Å². The number of aryl methyl sites for hydroxylation is 1. The van der Waals surface area contributed by atoms with Gasteiger partial charge in [0.1, 0.15) is 5.69 Å². The van der Waals surface area contributed by atoms with Gasteiger partial charge >= 0.3 is 5.56 Å². The fourth-order valence-electron chi connectivity index (χ4n) is 2.19. The van der Waals surface area contributed by atoms with Crippen molar-refractivity contribution in [1.82, 2.24) is 9.71 Å². The molecule has 0 aliphatic carbocycles. The Morgan fingerprint density at radius 1 is 1.15 bits per heavy atom. The first-order valence-corrected chi connectivity index (χ1v) is 7.02. The number of rotatable bonds is 4. The van der Waals surface area contributed by atoms with Crippen molar-refractivity contribution in [2.45, 2.75) is 33.1 Å². The van der Waals surface area contributed by atoms with Gasteiger partial charge in [0.15, 0.2) is 0 Å². The van der Waals surface area contributed by atoms with Gasteiger partial charge in [-0.1, -0.05) is 37.6 Å². The fourth-order valence-corrected chi connectivity index (χ4v) is 2.32. The summed E-state index contributed by atoms with van der Waals surface area (Å²) < 4.78 is 0.733. The highest BCUT2D eigenvalue weighted by molar-refractivity contribution is 6.30. The van der Waals surface area contributed by atoms with Crippen molar-refractivity contribution in [3.05, 3.63) is 62.3 Å². The van der Waals surface area contributed by atoms with E-state index in [9.17, 15) is 10.0 Å². The number of halogens is 1. The molecule has 106 valence electrons. The third-order valence-corrected chi connectivity index (χ3v) is 3.50. The van der Waals surface area contributed by atoms with Gasteiger partial charge in [-0.2, -0.15) is 0 Å². The van der Waals surface area contributed by atoms with Crippen LogP contribution in [0, 0.1) is 0 Å². The lowest BCUT2D eigenvalue weighted by Crippen LogP contribution is -2.28. The third-order valence-electron chi connectivity index (χ3n) is 3.25. The Bertz CT molecular complexity index is 663. The van der Waals surface area contributed by atoms with Crippen LogP contribution in [0.1, 0.15) is 36.5 Å². The molecule has 0 unspecified atom stereocenters. The van der Waals surface area contributed by atoms with Gasteiger partial charge in [0.2, 0.25) is 0 Å². The Morgan fingerprint density at radius 3 is 2.35 bits per heavy atom. The zero-order chi connectivity index (χ0) is 14.7. The zero-order valence-corrected chi connectivity index (χ0v) is 12.3. The molecular formula is C15H17ClN2O2. The second-order valence-corrected chi connectivity index (χ2v) is 5.02. The Morgan fingerprint density at radius 2 is 1.80 bits per heavy atom. The Labute approximate surface area is 122 Å². The van der Waals surface area contributed by atoms with E-state index in [-0.39, 0.29) is 0 Å². The van der Waals surface area contributed by atoms with E-state index >= 15 is 0 Å². The van der Waals surface area contributed by atoms with E-state index in [1.165, 1.54) is 0 Å². The Balaban J connectivity index is 2.44. The summed E-state index contributed by atoms with van der Waals surface area (Å²) in [6, 6.07) is 7.25. The molecule has 1 aromatic carbocycles. The summed E-state index contributed by atoms with van der Waals surface area (Å²) in [5.41, 5.74) is 2.18. The summed E-state index contributed by atoms with van der Waals surface area (Å²) in [5, 5.41) is 10.6. The highest BCUT2D eigenvalue weighted by atomic mass is 35.5. The van der Waals surface area contributed by atoms with E-state index in [0.717, 1.165) is 16.0 Å². The van der Waals surface area contributed by atoms with Gasteiger partial charge in [-0.3, -0.25) is 4.79 Å². The van der Waals surface area contributed by atoms with E-state index in [2.05, 4.69) is 4.98 Å². The standard InChI is InChI=1S/C15H17ClN2O2/c1-3-12-14(4-2)18(20)15(19)13(17-12)9-10-5-7-11(16)8-6-10/h5-8,20H,3-4,9H2,1-2H3. The molecule has 20 heavy (non-hydrogen) atoms. The van der Waals surface area contributed by atoms with Crippen LogP contribution in [0.25, 0.3) is 0 Å². The van der Waals surface area contributed by atoms with E-state index in [1.54, 1.807) is 12.1 Å². The quantitative estimate of drug-likeness (QED) is 0.882. The lowest BCUT2D eigenvalue weighted by atomic mass is 10.1. The summed E-state index contributed by atoms with van der Waals surface area (Å²) in [7, 11) is 0. The molecule has 0 aliphatic rings. The van der Waals surface area contributed by atoms with Crippen LogP contribution < -0.4 is 5.56 Å². The molecule has 0 spiro atoms. The Kier molecular flexibility index (Phi) is 4.45. The average Bonchev–Trinajstić information content (AvgIpc) is 2.46. The minimum atomic E-state index is -0.450. The van der Waals surface area contributed by atoms with E-state index in [1.807, 2.05) is 26.0 Å². The van der Waals surface area contributed by atoms with Crippen molar-refractivity contribution >= 4 is 11.6 Å². The molecule has 5 heteroatoms. The van der Waals surface area contributed by atoms with E-state index in [4.69, 9.17) is 11.6 Å². The number of benzene rings is 1. The van der Waals surface area contributed by atoms with Crippen LogP contribution in [0.5, 0.6) is 0 Å². The average molecular weight is 293 g/mol. The molecule has 0 amide bonds. The third kappa shape index (κ3) is 2.85. The first-order valence-electron chi connectivity index (χ1n) is 6.64. The van der Waals surface area contributed by atoms with Crippen molar-refractivity contribution in [1.29, 1.82) is 0 Å². The van der Waals surface area contributed by atoms with E-state index in [0.29, 0.717) is 35.7 Å². The summed E-state index contributed by atoms with van der Waals surface area (Å²) in [6.45, 7) is 3.85. The van der Waals surface area contributed by atoms with E-state index < -0.39 is 5.56 Å². The molecule has 2 rings (SSSR count). The molecule has 2 aromatic rings. The maximum atomic E-state index is 12.1. The fraction of sp³-hybridized carbons (Fsp3) is 0.333. The lowest BCUT2D eigenvalue weighted by molar-refractivity contribution is 0.162. The topological polar surface area (TPSA) is 55.1 Å². The molecule has 0 bridgehead atoms. The van der Waals surface area contributed by atoms with Crippen LogP contribution in [-0.2, 0) is 19.3 Å². The molecule has 0 saturated heterocycles. The maximum absolute atomic E-state index is 12.1. The van der Waals surface area contributed by atoms with Crippen LogP contribution in [0.15, 0.2) is 29.1 Å². The predicted molar refractivity (Wildman–Crippen MR) is 78.7 cm³/mol. The number of hydrogen-bond acceptors (Lipinski definition) is 3. The van der Waals surface area contributed by atoms with Gasteiger partial charge in [0.25, 0.3) is 0 Å². The highest BCUT2D eigenvalue weighted by Gasteiger charge is 2.14. The van der Waals surface area contributed by atoms with Crippen molar-refractivity contribution < 1.29 is 5.21 Å². The minimum Gasteiger partial charge on any atom is -0.425 e. The number of aromatic nitrogens is 2. The summed E-state index contributed by atoms with van der Waals surface area (Å²) in [4.78, 5) is 16.5. The van der Waals surface area contributed by atoms with Gasteiger partial charge in [-0.05, 0) is 30.5 Å². The lowest BCUT2D eigenvalue weighted by Gasteiger charge is -2.11. The monoisotopic (exact) mass is 292 g/mol. The summed E-state index contributed by atoms with van der Waals surface area (Å²) in [6.07, 6.45) is 1.63.